The van der Waals surface area contributed by atoms with Crippen LogP contribution in [0.1, 0.15) is 46.5 Å². The van der Waals surface area contributed by atoms with E-state index >= 15 is 0 Å². The highest BCUT2D eigenvalue weighted by atomic mass is 16.6. The van der Waals surface area contributed by atoms with Crippen LogP contribution in [0.25, 0.3) is 0 Å². The van der Waals surface area contributed by atoms with Gasteiger partial charge in [0.15, 0.2) is 0 Å². The van der Waals surface area contributed by atoms with Gasteiger partial charge in [0.05, 0.1) is 0 Å². The predicted molar refractivity (Wildman–Crippen MR) is 84.8 cm³/mol. The molecule has 8 nitrogen and oxygen atoms in total. The minimum Gasteiger partial charge on any atom is -0.444 e. The molecule has 0 spiro atoms. The quantitative estimate of drug-likeness (QED) is 0.715. The van der Waals surface area contributed by atoms with Crippen LogP contribution in [0.5, 0.6) is 0 Å². The van der Waals surface area contributed by atoms with Crippen molar-refractivity contribution in [3.8, 4) is 0 Å². The number of rotatable bonds is 2. The second-order valence-electron chi connectivity index (χ2n) is 7.25. The number of nitrogens with one attached hydrogen (secondary N) is 2. The number of imide groups is 1. The van der Waals surface area contributed by atoms with E-state index in [0.29, 0.717) is 32.4 Å². The van der Waals surface area contributed by atoms with E-state index in [1.54, 1.807) is 4.90 Å². The Bertz CT molecular complexity index is 532. The molecule has 2 rings (SSSR count). The normalized spacial score (nSPS) is 22.8. The largest absolute Gasteiger partial charge is 0.444 e. The topological polar surface area (TPSA) is 105 Å². The molecule has 0 bridgehead atoms. The lowest BCUT2D eigenvalue weighted by atomic mass is 9.95. The van der Waals surface area contributed by atoms with Crippen LogP contribution in [0.2, 0.25) is 0 Å². The van der Waals surface area contributed by atoms with E-state index < -0.39 is 17.6 Å². The van der Waals surface area contributed by atoms with Gasteiger partial charge in [0, 0.05) is 25.4 Å². The molecule has 0 aromatic heterocycles. The number of nitrogens with zero attached hydrogens (tertiary/aromatic N) is 1. The van der Waals surface area contributed by atoms with Crippen molar-refractivity contribution >= 4 is 23.8 Å². The molecule has 134 valence electrons. The van der Waals surface area contributed by atoms with E-state index in [1.165, 1.54) is 0 Å². The van der Waals surface area contributed by atoms with Gasteiger partial charge in [0.2, 0.25) is 17.7 Å². The third-order valence-corrected chi connectivity index (χ3v) is 4.07. The van der Waals surface area contributed by atoms with Crippen LogP contribution in [-0.2, 0) is 19.1 Å². The number of hydrogen-bond acceptors (Lipinski definition) is 5. The minimum atomic E-state index is -0.654. The van der Waals surface area contributed by atoms with Crippen molar-refractivity contribution in [2.75, 3.05) is 13.1 Å². The molecule has 0 aromatic carbocycles. The van der Waals surface area contributed by atoms with E-state index in [4.69, 9.17) is 4.74 Å². The van der Waals surface area contributed by atoms with Crippen molar-refractivity contribution in [1.82, 2.24) is 15.5 Å². The van der Waals surface area contributed by atoms with Crippen LogP contribution >= 0.6 is 0 Å². The highest BCUT2D eigenvalue weighted by Crippen LogP contribution is 2.20. The Hall–Kier alpha value is -2.12. The number of amides is 4. The van der Waals surface area contributed by atoms with Crippen LogP contribution < -0.4 is 10.6 Å². The molecule has 0 saturated carbocycles. The Labute approximate surface area is 141 Å². The highest BCUT2D eigenvalue weighted by molar-refractivity contribution is 6.01. The van der Waals surface area contributed by atoms with Gasteiger partial charge in [0.25, 0.3) is 0 Å². The van der Waals surface area contributed by atoms with Gasteiger partial charge in [-0.3, -0.25) is 19.7 Å². The lowest BCUT2D eigenvalue weighted by molar-refractivity contribution is -0.138. The molecule has 2 fully saturated rings. The SMILES string of the molecule is CC(C)(C)OC(=O)N1CCC(C(=O)NC2CCC(=O)NC2=O)CC1. The van der Waals surface area contributed by atoms with Crippen molar-refractivity contribution in [1.29, 1.82) is 0 Å². The van der Waals surface area contributed by atoms with Crippen LogP contribution in [0, 0.1) is 5.92 Å². The molecule has 0 radical (unpaired) electrons. The summed E-state index contributed by atoms with van der Waals surface area (Å²) in [5, 5.41) is 4.92. The first-order chi connectivity index (χ1) is 11.2. The monoisotopic (exact) mass is 339 g/mol. The summed E-state index contributed by atoms with van der Waals surface area (Å²) >= 11 is 0. The Balaban J connectivity index is 1.79. The van der Waals surface area contributed by atoms with Crippen molar-refractivity contribution in [3.05, 3.63) is 0 Å². The highest BCUT2D eigenvalue weighted by Gasteiger charge is 2.33. The minimum absolute atomic E-state index is 0.201. The molecule has 2 aliphatic heterocycles. The van der Waals surface area contributed by atoms with E-state index in [2.05, 4.69) is 10.6 Å². The molecule has 8 heteroatoms. The summed E-state index contributed by atoms with van der Waals surface area (Å²) in [6.45, 7) is 6.33. The zero-order chi connectivity index (χ0) is 17.9. The van der Waals surface area contributed by atoms with Gasteiger partial charge in [-0.15, -0.1) is 0 Å². The summed E-state index contributed by atoms with van der Waals surface area (Å²) in [7, 11) is 0. The van der Waals surface area contributed by atoms with Gasteiger partial charge >= 0.3 is 6.09 Å². The molecule has 4 amide bonds. The van der Waals surface area contributed by atoms with Gasteiger partial charge in [-0.1, -0.05) is 0 Å². The summed E-state index contributed by atoms with van der Waals surface area (Å²) in [6, 6.07) is -0.654. The van der Waals surface area contributed by atoms with Gasteiger partial charge in [0.1, 0.15) is 11.6 Å². The molecular weight excluding hydrogens is 314 g/mol. The molecule has 2 N–H and O–H groups in total. The Morgan fingerprint density at radius 1 is 1.17 bits per heavy atom. The summed E-state index contributed by atoms with van der Waals surface area (Å²) in [5.74, 6) is -1.20. The molecule has 2 heterocycles. The van der Waals surface area contributed by atoms with Gasteiger partial charge in [-0.2, -0.15) is 0 Å². The van der Waals surface area contributed by atoms with Gasteiger partial charge in [-0.05, 0) is 40.0 Å². The third-order valence-electron chi connectivity index (χ3n) is 4.07. The molecule has 0 aromatic rings. The van der Waals surface area contributed by atoms with Gasteiger partial charge < -0.3 is 15.0 Å². The molecule has 0 aliphatic carbocycles. The zero-order valence-electron chi connectivity index (χ0n) is 14.4. The summed E-state index contributed by atoms with van der Waals surface area (Å²) in [5.41, 5.74) is -0.545. The van der Waals surface area contributed by atoms with Crippen molar-refractivity contribution in [2.24, 2.45) is 5.92 Å². The lowest BCUT2D eigenvalue weighted by Crippen LogP contribution is -2.54. The second-order valence-corrected chi connectivity index (χ2v) is 7.25. The molecular formula is C16H25N3O5. The maximum absolute atomic E-state index is 12.3. The van der Waals surface area contributed by atoms with Crippen molar-refractivity contribution in [2.45, 2.75) is 58.1 Å². The second kappa shape index (κ2) is 7.19. The summed E-state index contributed by atoms with van der Waals surface area (Å²) in [6.07, 6.45) is 1.24. The molecule has 1 atom stereocenters. The van der Waals surface area contributed by atoms with Crippen LogP contribution in [0.3, 0.4) is 0 Å². The smallest absolute Gasteiger partial charge is 0.410 e. The fourth-order valence-corrected chi connectivity index (χ4v) is 2.77. The molecule has 24 heavy (non-hydrogen) atoms. The van der Waals surface area contributed by atoms with Crippen LogP contribution in [0.4, 0.5) is 4.79 Å². The Morgan fingerprint density at radius 2 is 1.79 bits per heavy atom. The van der Waals surface area contributed by atoms with E-state index in [-0.39, 0.29) is 30.2 Å². The fraction of sp³-hybridized carbons (Fsp3) is 0.750. The summed E-state index contributed by atoms with van der Waals surface area (Å²) in [4.78, 5) is 48.7. The third kappa shape index (κ3) is 4.94. The van der Waals surface area contributed by atoms with E-state index in [1.807, 2.05) is 20.8 Å². The van der Waals surface area contributed by atoms with Crippen molar-refractivity contribution in [3.63, 3.8) is 0 Å². The van der Waals surface area contributed by atoms with E-state index in [0.717, 1.165) is 0 Å². The molecule has 2 saturated heterocycles. The fourth-order valence-electron chi connectivity index (χ4n) is 2.77. The number of piperidine rings is 2. The number of hydrogen-bond donors (Lipinski definition) is 2. The van der Waals surface area contributed by atoms with E-state index in [9.17, 15) is 19.2 Å². The molecule has 1 unspecified atom stereocenters. The lowest BCUT2D eigenvalue weighted by Gasteiger charge is -2.33. The first-order valence-electron chi connectivity index (χ1n) is 8.28. The zero-order valence-corrected chi connectivity index (χ0v) is 14.4. The number of carbonyl (C=O) groups is 4. The van der Waals surface area contributed by atoms with Crippen LogP contribution in [-0.4, -0.2) is 53.4 Å². The maximum atomic E-state index is 12.3. The first-order valence-corrected chi connectivity index (χ1v) is 8.28. The number of ether oxygens (including phenoxy) is 1. The average molecular weight is 339 g/mol. The molecule has 2 aliphatic rings. The maximum Gasteiger partial charge on any atom is 0.410 e. The Morgan fingerprint density at radius 3 is 2.33 bits per heavy atom. The van der Waals surface area contributed by atoms with Crippen LogP contribution in [0.15, 0.2) is 0 Å². The Kier molecular flexibility index (Phi) is 5.46. The van der Waals surface area contributed by atoms with Gasteiger partial charge in [-0.25, -0.2) is 4.79 Å². The standard InChI is InChI=1S/C16H25N3O5/c1-16(2,3)24-15(23)19-8-6-10(7-9-19)13(21)17-11-4-5-12(20)18-14(11)22/h10-11H,4-9H2,1-3H3,(H,17,21)(H,18,20,22). The number of carbonyl (C=O) groups excluding carboxylic acids is 4. The summed E-state index contributed by atoms with van der Waals surface area (Å²) < 4.78 is 5.32. The average Bonchev–Trinajstić information content (AvgIpc) is 2.48. The first kappa shape index (κ1) is 18.2. The van der Waals surface area contributed by atoms with Crippen molar-refractivity contribution < 1.29 is 23.9 Å². The number of likely N-dealkylation sites (tertiary alicyclic amines) is 1. The predicted octanol–water partition coefficient (Wildman–Crippen LogP) is 0.555.